The number of ether oxygens (including phenoxy) is 2. The van der Waals surface area contributed by atoms with Gasteiger partial charge in [-0.25, -0.2) is 0 Å². The van der Waals surface area contributed by atoms with Crippen LogP contribution in [0.5, 0.6) is 5.75 Å². The van der Waals surface area contributed by atoms with Gasteiger partial charge in [0.2, 0.25) is 5.91 Å². The molecule has 2 heterocycles. The lowest BCUT2D eigenvalue weighted by molar-refractivity contribution is -0.133. The molecule has 8 heteroatoms. The molecule has 34 heavy (non-hydrogen) atoms. The Balaban J connectivity index is 1.71. The first kappa shape index (κ1) is 23.5. The molecular formula is C26H30N4O4. The van der Waals surface area contributed by atoms with Crippen LogP contribution in [0.4, 0.5) is 0 Å². The van der Waals surface area contributed by atoms with Gasteiger partial charge in [0, 0.05) is 31.4 Å². The summed E-state index contributed by atoms with van der Waals surface area (Å²) >= 11 is 0. The fraction of sp³-hybridized carbons (Fsp3) is 0.346. The second kappa shape index (κ2) is 10.1. The first-order valence-corrected chi connectivity index (χ1v) is 11.3. The number of aromatic nitrogens is 2. The molecule has 1 aliphatic rings. The third-order valence-corrected chi connectivity index (χ3v) is 6.19. The number of hydrogen-bond acceptors (Lipinski definition) is 5. The Morgan fingerprint density at radius 1 is 1.12 bits per heavy atom. The largest absolute Gasteiger partial charge is 0.496 e. The second-order valence-electron chi connectivity index (χ2n) is 8.52. The van der Waals surface area contributed by atoms with E-state index in [1.807, 2.05) is 54.6 Å². The minimum Gasteiger partial charge on any atom is -0.496 e. The number of nitrogens with one attached hydrogen (secondary N) is 1. The topological polar surface area (TPSA) is 85.7 Å². The number of carbonyl (C=O) groups excluding carboxylic acids is 2. The Hall–Kier alpha value is -3.65. The van der Waals surface area contributed by atoms with E-state index in [1.165, 1.54) is 0 Å². The summed E-state index contributed by atoms with van der Waals surface area (Å²) in [6.07, 6.45) is 0.684. The summed E-state index contributed by atoms with van der Waals surface area (Å²) in [4.78, 5) is 28.9. The molecule has 3 aromatic rings. The highest BCUT2D eigenvalue weighted by atomic mass is 16.5. The maximum absolute atomic E-state index is 13.8. The highest BCUT2D eigenvalue weighted by molar-refractivity contribution is 6.00. The molecule has 8 nitrogen and oxygen atoms in total. The molecule has 1 aliphatic heterocycles. The number of fused-ring (bicyclic) bond motifs is 1. The molecule has 0 bridgehead atoms. The van der Waals surface area contributed by atoms with Crippen molar-refractivity contribution in [3.8, 4) is 17.0 Å². The molecule has 1 atom stereocenters. The normalized spacial score (nSPS) is 17.4. The maximum Gasteiger partial charge on any atom is 0.273 e. The van der Waals surface area contributed by atoms with Crippen molar-refractivity contribution in [1.82, 2.24) is 20.0 Å². The van der Waals surface area contributed by atoms with Crippen molar-refractivity contribution in [2.75, 3.05) is 27.4 Å². The minimum atomic E-state index is -1.14. The molecule has 0 radical (unpaired) electrons. The summed E-state index contributed by atoms with van der Waals surface area (Å²) < 4.78 is 12.2. The van der Waals surface area contributed by atoms with E-state index in [1.54, 1.807) is 36.8 Å². The van der Waals surface area contributed by atoms with Crippen LogP contribution in [0.3, 0.4) is 0 Å². The highest BCUT2D eigenvalue weighted by Gasteiger charge is 2.48. The van der Waals surface area contributed by atoms with Crippen molar-refractivity contribution in [3.63, 3.8) is 0 Å². The monoisotopic (exact) mass is 462 g/mol. The molecule has 2 amide bonds. The fourth-order valence-corrected chi connectivity index (χ4v) is 4.25. The lowest BCUT2D eigenvalue weighted by Gasteiger charge is -2.43. The molecule has 0 saturated heterocycles. The van der Waals surface area contributed by atoms with E-state index in [-0.39, 0.29) is 24.9 Å². The average Bonchev–Trinajstić information content (AvgIpc) is 3.29. The number of nitrogens with zero attached hydrogens (tertiary/aromatic N) is 3. The van der Waals surface area contributed by atoms with Gasteiger partial charge < -0.3 is 19.7 Å². The molecule has 2 aromatic carbocycles. The van der Waals surface area contributed by atoms with E-state index < -0.39 is 5.54 Å². The molecule has 4 rings (SSSR count). The summed E-state index contributed by atoms with van der Waals surface area (Å²) in [5.41, 5.74) is 1.76. The Bertz CT molecular complexity index is 1160. The number of amides is 2. The van der Waals surface area contributed by atoms with Crippen LogP contribution >= 0.6 is 0 Å². The van der Waals surface area contributed by atoms with E-state index in [9.17, 15) is 9.59 Å². The first-order valence-electron chi connectivity index (χ1n) is 11.3. The smallest absolute Gasteiger partial charge is 0.273 e. The van der Waals surface area contributed by atoms with E-state index in [0.717, 1.165) is 11.1 Å². The molecule has 1 aromatic heterocycles. The van der Waals surface area contributed by atoms with Crippen LogP contribution in [0.15, 0.2) is 60.7 Å². The molecule has 0 aliphatic carbocycles. The van der Waals surface area contributed by atoms with Gasteiger partial charge in [-0.15, -0.1) is 0 Å². The molecule has 178 valence electrons. The van der Waals surface area contributed by atoms with Gasteiger partial charge in [0.05, 0.1) is 25.9 Å². The van der Waals surface area contributed by atoms with Gasteiger partial charge in [-0.3, -0.25) is 14.3 Å². The van der Waals surface area contributed by atoms with Crippen LogP contribution in [-0.4, -0.2) is 59.4 Å². The lowest BCUT2D eigenvalue weighted by atomic mass is 9.94. The van der Waals surface area contributed by atoms with Gasteiger partial charge >= 0.3 is 0 Å². The third-order valence-electron chi connectivity index (χ3n) is 6.19. The Labute approximate surface area is 199 Å². The zero-order valence-electron chi connectivity index (χ0n) is 19.8. The van der Waals surface area contributed by atoms with Crippen LogP contribution < -0.4 is 10.1 Å². The van der Waals surface area contributed by atoms with Crippen molar-refractivity contribution in [2.45, 2.75) is 32.0 Å². The SMILES string of the molecule is COCCCNC(=O)C1(C)Cn2nc(-c3ccccc3)cc2C(=O)N1Cc1ccccc1OC. The summed E-state index contributed by atoms with van der Waals surface area (Å²) in [5, 5.41) is 7.66. The highest BCUT2D eigenvalue weighted by Crippen LogP contribution is 2.33. The molecule has 0 fully saturated rings. The summed E-state index contributed by atoms with van der Waals surface area (Å²) in [6, 6.07) is 19.0. The van der Waals surface area contributed by atoms with Crippen molar-refractivity contribution in [2.24, 2.45) is 0 Å². The number of carbonyl (C=O) groups is 2. The number of para-hydroxylation sites is 1. The lowest BCUT2D eigenvalue weighted by Crippen LogP contribution is -2.63. The molecule has 1 N–H and O–H groups in total. The quantitative estimate of drug-likeness (QED) is 0.494. The third kappa shape index (κ3) is 4.54. The van der Waals surface area contributed by atoms with Crippen LogP contribution in [0.1, 0.15) is 29.4 Å². The van der Waals surface area contributed by atoms with Crippen LogP contribution in [0, 0.1) is 0 Å². The van der Waals surface area contributed by atoms with Gasteiger partial charge in [-0.1, -0.05) is 48.5 Å². The van der Waals surface area contributed by atoms with Gasteiger partial charge in [0.15, 0.2) is 0 Å². The van der Waals surface area contributed by atoms with Crippen LogP contribution in [-0.2, 0) is 22.6 Å². The molecule has 0 spiro atoms. The number of hydrogen-bond donors (Lipinski definition) is 1. The minimum absolute atomic E-state index is 0.228. The first-order chi connectivity index (χ1) is 16.5. The van der Waals surface area contributed by atoms with E-state index >= 15 is 0 Å². The van der Waals surface area contributed by atoms with Crippen LogP contribution in [0.25, 0.3) is 11.3 Å². The van der Waals surface area contributed by atoms with Crippen LogP contribution in [0.2, 0.25) is 0 Å². The predicted molar refractivity (Wildman–Crippen MR) is 128 cm³/mol. The van der Waals surface area contributed by atoms with Gasteiger partial charge in [-0.2, -0.15) is 5.10 Å². The molecular weight excluding hydrogens is 432 g/mol. The fourth-order valence-electron chi connectivity index (χ4n) is 4.25. The zero-order chi connectivity index (χ0) is 24.1. The van der Waals surface area contributed by atoms with E-state index in [0.29, 0.717) is 36.7 Å². The maximum atomic E-state index is 13.8. The van der Waals surface area contributed by atoms with E-state index in [2.05, 4.69) is 10.4 Å². The van der Waals surface area contributed by atoms with E-state index in [4.69, 9.17) is 9.47 Å². The second-order valence-corrected chi connectivity index (χ2v) is 8.52. The molecule has 0 saturated carbocycles. The van der Waals surface area contributed by atoms with Crippen molar-refractivity contribution in [3.05, 3.63) is 71.9 Å². The average molecular weight is 463 g/mol. The zero-order valence-corrected chi connectivity index (χ0v) is 19.8. The van der Waals surface area contributed by atoms with Crippen molar-refractivity contribution in [1.29, 1.82) is 0 Å². The van der Waals surface area contributed by atoms with Crippen molar-refractivity contribution >= 4 is 11.8 Å². The molecule has 1 unspecified atom stereocenters. The number of benzene rings is 2. The standard InChI is InChI=1S/C26H30N4O4/c1-26(25(32)27-14-9-15-33-2)18-30-22(16-21(28-30)19-10-5-4-6-11-19)24(31)29(26)17-20-12-7-8-13-23(20)34-3/h4-8,10-13,16H,9,14-15,17-18H2,1-3H3,(H,27,32). The predicted octanol–water partition coefficient (Wildman–Crippen LogP) is 3.13. The summed E-state index contributed by atoms with van der Waals surface area (Å²) in [6.45, 7) is 3.27. The Kier molecular flexibility index (Phi) is 6.98. The number of methoxy groups -OCH3 is 2. The van der Waals surface area contributed by atoms with Gasteiger partial charge in [-0.05, 0) is 25.5 Å². The Morgan fingerprint density at radius 3 is 2.59 bits per heavy atom. The van der Waals surface area contributed by atoms with Crippen molar-refractivity contribution < 1.29 is 19.1 Å². The number of rotatable bonds is 9. The summed E-state index contributed by atoms with van der Waals surface area (Å²) in [7, 11) is 3.22. The Morgan fingerprint density at radius 2 is 1.85 bits per heavy atom. The van der Waals surface area contributed by atoms with Gasteiger partial charge in [0.1, 0.15) is 17.0 Å². The summed E-state index contributed by atoms with van der Waals surface area (Å²) in [5.74, 6) is 0.192. The van der Waals surface area contributed by atoms with Gasteiger partial charge in [0.25, 0.3) is 5.91 Å².